The van der Waals surface area contributed by atoms with Gasteiger partial charge in [0.1, 0.15) is 0 Å². The van der Waals surface area contributed by atoms with Gasteiger partial charge in [0.25, 0.3) is 0 Å². The fourth-order valence-corrected chi connectivity index (χ4v) is 1.49. The van der Waals surface area contributed by atoms with Crippen LogP contribution in [0.4, 0.5) is 0 Å². The first-order valence-electron chi connectivity index (χ1n) is 5.50. The van der Waals surface area contributed by atoms with E-state index in [1.807, 2.05) is 13.0 Å². The summed E-state index contributed by atoms with van der Waals surface area (Å²) in [4.78, 5) is 22.5. The number of allylic oxidation sites excluding steroid dienone is 2. The second-order valence-electron chi connectivity index (χ2n) is 4.28. The lowest BCUT2D eigenvalue weighted by molar-refractivity contribution is -0.139. The van der Waals surface area contributed by atoms with Crippen LogP contribution in [0.2, 0.25) is 0 Å². The maximum atomic E-state index is 11.3. The number of hydrazone groups is 1. The summed E-state index contributed by atoms with van der Waals surface area (Å²) in [7, 11) is 0. The van der Waals surface area contributed by atoms with E-state index in [2.05, 4.69) is 15.8 Å². The van der Waals surface area contributed by atoms with Gasteiger partial charge in [0, 0.05) is 6.04 Å². The van der Waals surface area contributed by atoms with Crippen LogP contribution in [0.3, 0.4) is 0 Å². The Hall–Kier alpha value is -1.65. The molecule has 0 aromatic heterocycles. The van der Waals surface area contributed by atoms with E-state index in [1.54, 1.807) is 0 Å². The second-order valence-corrected chi connectivity index (χ2v) is 4.28. The van der Waals surface area contributed by atoms with Gasteiger partial charge in [0.15, 0.2) is 0 Å². The lowest BCUT2D eigenvalue weighted by Crippen LogP contribution is -2.39. The molecular weight excluding hydrogens is 206 g/mol. The minimum Gasteiger partial charge on any atom is -0.345 e. The molecule has 0 atom stereocenters. The van der Waals surface area contributed by atoms with Crippen LogP contribution in [0, 0.1) is 0 Å². The standard InChI is InChI=1S/C11H15N3O2/c1-7-2-3-9(6-7)13-14-11(16)10(15)12-8-4-5-8/h6,8H,2-5H2,1H3,(H,12,15)(H,14,16)/b13-9-. The summed E-state index contributed by atoms with van der Waals surface area (Å²) >= 11 is 0. The molecule has 2 aliphatic rings. The van der Waals surface area contributed by atoms with Gasteiger partial charge in [-0.3, -0.25) is 9.59 Å². The van der Waals surface area contributed by atoms with Crippen molar-refractivity contribution in [2.45, 2.75) is 38.6 Å². The smallest absolute Gasteiger partial charge is 0.329 e. The van der Waals surface area contributed by atoms with Crippen LogP contribution in [0.1, 0.15) is 32.6 Å². The Labute approximate surface area is 94.0 Å². The van der Waals surface area contributed by atoms with Gasteiger partial charge in [0.05, 0.1) is 5.71 Å². The van der Waals surface area contributed by atoms with Crippen LogP contribution >= 0.6 is 0 Å². The van der Waals surface area contributed by atoms with E-state index in [0.717, 1.165) is 31.4 Å². The van der Waals surface area contributed by atoms with Crippen molar-refractivity contribution in [3.8, 4) is 0 Å². The van der Waals surface area contributed by atoms with Crippen molar-refractivity contribution in [3.63, 3.8) is 0 Å². The third kappa shape index (κ3) is 2.92. The third-order valence-electron chi connectivity index (χ3n) is 2.61. The number of rotatable bonds is 2. The summed E-state index contributed by atoms with van der Waals surface area (Å²) in [6, 6.07) is 0.194. The van der Waals surface area contributed by atoms with Crippen LogP contribution in [0.15, 0.2) is 16.8 Å². The molecule has 0 radical (unpaired) electrons. The van der Waals surface area contributed by atoms with E-state index in [4.69, 9.17) is 0 Å². The average Bonchev–Trinajstić information content (AvgIpc) is 2.96. The summed E-state index contributed by atoms with van der Waals surface area (Å²) in [6.45, 7) is 2.02. The van der Waals surface area contributed by atoms with Crippen molar-refractivity contribution in [1.82, 2.24) is 10.7 Å². The van der Waals surface area contributed by atoms with Gasteiger partial charge in [-0.1, -0.05) is 5.57 Å². The zero-order valence-corrected chi connectivity index (χ0v) is 9.25. The fraction of sp³-hybridized carbons (Fsp3) is 0.545. The van der Waals surface area contributed by atoms with Gasteiger partial charge in [-0.15, -0.1) is 0 Å². The van der Waals surface area contributed by atoms with Crippen molar-refractivity contribution >= 4 is 17.5 Å². The molecule has 2 N–H and O–H groups in total. The lowest BCUT2D eigenvalue weighted by atomic mass is 10.3. The molecule has 0 unspecified atom stereocenters. The monoisotopic (exact) mass is 221 g/mol. The molecule has 0 spiro atoms. The largest absolute Gasteiger partial charge is 0.345 e. The zero-order valence-electron chi connectivity index (χ0n) is 9.25. The van der Waals surface area contributed by atoms with E-state index in [0.29, 0.717) is 0 Å². The van der Waals surface area contributed by atoms with Gasteiger partial charge in [-0.05, 0) is 38.7 Å². The number of nitrogens with one attached hydrogen (secondary N) is 2. The lowest BCUT2D eigenvalue weighted by Gasteiger charge is -2.01. The average molecular weight is 221 g/mol. The predicted octanol–water partition coefficient (Wildman–Crippen LogP) is 0.477. The highest BCUT2D eigenvalue weighted by Crippen LogP contribution is 2.18. The Balaban J connectivity index is 1.80. The topological polar surface area (TPSA) is 70.6 Å². The third-order valence-corrected chi connectivity index (χ3v) is 2.61. The van der Waals surface area contributed by atoms with Gasteiger partial charge in [-0.25, -0.2) is 5.43 Å². The van der Waals surface area contributed by atoms with E-state index in [9.17, 15) is 9.59 Å². The van der Waals surface area contributed by atoms with Crippen LogP contribution in [0.25, 0.3) is 0 Å². The van der Waals surface area contributed by atoms with Crippen LogP contribution in [-0.4, -0.2) is 23.6 Å². The van der Waals surface area contributed by atoms with Gasteiger partial charge in [-0.2, -0.15) is 5.10 Å². The number of amides is 2. The molecule has 0 aromatic rings. The molecule has 2 rings (SSSR count). The van der Waals surface area contributed by atoms with Crippen molar-refractivity contribution in [3.05, 3.63) is 11.6 Å². The SMILES string of the molecule is CC1=C/C(=N\NC(=O)C(=O)NC2CC2)CC1. The zero-order chi connectivity index (χ0) is 11.5. The van der Waals surface area contributed by atoms with E-state index in [-0.39, 0.29) is 6.04 Å². The summed E-state index contributed by atoms with van der Waals surface area (Å²) in [5.41, 5.74) is 4.34. The first kappa shape index (κ1) is 10.9. The maximum Gasteiger partial charge on any atom is 0.329 e. The Morgan fingerprint density at radius 3 is 2.62 bits per heavy atom. The van der Waals surface area contributed by atoms with Gasteiger partial charge < -0.3 is 5.32 Å². The molecule has 2 amide bonds. The molecule has 0 saturated heterocycles. The molecule has 5 heteroatoms. The van der Waals surface area contributed by atoms with Crippen molar-refractivity contribution in [2.75, 3.05) is 0 Å². The molecule has 16 heavy (non-hydrogen) atoms. The fourth-order valence-electron chi connectivity index (χ4n) is 1.49. The highest BCUT2D eigenvalue weighted by Gasteiger charge is 2.26. The Morgan fingerprint density at radius 2 is 2.06 bits per heavy atom. The molecule has 5 nitrogen and oxygen atoms in total. The highest BCUT2D eigenvalue weighted by molar-refractivity contribution is 6.35. The number of hydrogen-bond donors (Lipinski definition) is 2. The van der Waals surface area contributed by atoms with Gasteiger partial charge in [0.2, 0.25) is 0 Å². The molecule has 1 saturated carbocycles. The molecule has 0 heterocycles. The van der Waals surface area contributed by atoms with Gasteiger partial charge >= 0.3 is 11.8 Å². The number of hydrogen-bond acceptors (Lipinski definition) is 3. The summed E-state index contributed by atoms with van der Waals surface area (Å²) < 4.78 is 0. The van der Waals surface area contributed by atoms with Crippen molar-refractivity contribution in [1.29, 1.82) is 0 Å². The Bertz CT molecular complexity index is 381. The van der Waals surface area contributed by atoms with Crippen molar-refractivity contribution in [2.24, 2.45) is 5.10 Å². The maximum absolute atomic E-state index is 11.3. The molecule has 1 fully saturated rings. The normalized spacial score (nSPS) is 21.8. The predicted molar refractivity (Wildman–Crippen MR) is 59.7 cm³/mol. The summed E-state index contributed by atoms with van der Waals surface area (Å²) in [6.07, 6.45) is 5.67. The molecule has 2 aliphatic carbocycles. The molecule has 0 aromatic carbocycles. The summed E-state index contributed by atoms with van der Waals surface area (Å²) in [5, 5.41) is 6.50. The molecular formula is C11H15N3O2. The van der Waals surface area contributed by atoms with E-state index >= 15 is 0 Å². The van der Waals surface area contributed by atoms with Crippen LogP contribution in [-0.2, 0) is 9.59 Å². The minimum atomic E-state index is -0.683. The van der Waals surface area contributed by atoms with E-state index < -0.39 is 11.8 Å². The Kier molecular flexibility index (Phi) is 3.03. The van der Waals surface area contributed by atoms with Crippen LogP contribution < -0.4 is 10.7 Å². The first-order chi connectivity index (χ1) is 7.65. The second kappa shape index (κ2) is 4.47. The first-order valence-corrected chi connectivity index (χ1v) is 5.50. The number of carbonyl (C=O) groups excluding carboxylic acids is 2. The summed E-state index contributed by atoms with van der Waals surface area (Å²) in [5.74, 6) is -1.28. The molecule has 86 valence electrons. The number of carbonyl (C=O) groups is 2. The molecule has 0 aliphatic heterocycles. The Morgan fingerprint density at radius 1 is 1.31 bits per heavy atom. The number of nitrogens with zero attached hydrogens (tertiary/aromatic N) is 1. The quantitative estimate of drug-likeness (QED) is 0.526. The van der Waals surface area contributed by atoms with Crippen LogP contribution in [0.5, 0.6) is 0 Å². The highest BCUT2D eigenvalue weighted by atomic mass is 16.2. The molecule has 0 bridgehead atoms. The van der Waals surface area contributed by atoms with E-state index in [1.165, 1.54) is 5.57 Å². The minimum absolute atomic E-state index is 0.194. The van der Waals surface area contributed by atoms with Crippen molar-refractivity contribution < 1.29 is 9.59 Å².